The summed E-state index contributed by atoms with van der Waals surface area (Å²) in [6.45, 7) is 8.54. The maximum absolute atomic E-state index is 4.40. The van der Waals surface area contributed by atoms with Crippen molar-refractivity contribution in [2.75, 3.05) is 19.6 Å². The van der Waals surface area contributed by atoms with Gasteiger partial charge in [-0.1, -0.05) is 32.0 Å². The molecule has 1 aromatic carbocycles. The summed E-state index contributed by atoms with van der Waals surface area (Å²) < 4.78 is 1.92. The Hall–Kier alpha value is -1.65. The third-order valence-corrected chi connectivity index (χ3v) is 3.25. The van der Waals surface area contributed by atoms with Crippen molar-refractivity contribution in [1.82, 2.24) is 20.4 Å². The van der Waals surface area contributed by atoms with Gasteiger partial charge < -0.3 is 10.6 Å². The molecule has 0 amide bonds. The molecule has 4 nitrogen and oxygen atoms in total. The van der Waals surface area contributed by atoms with Crippen LogP contribution < -0.4 is 10.6 Å². The molecule has 0 saturated heterocycles. The van der Waals surface area contributed by atoms with E-state index in [1.165, 1.54) is 5.56 Å². The summed E-state index contributed by atoms with van der Waals surface area (Å²) in [5.74, 6) is 0.724. The second kappa shape index (κ2) is 8.60. The van der Waals surface area contributed by atoms with E-state index in [2.05, 4.69) is 47.9 Å². The molecule has 2 rings (SSSR count). The van der Waals surface area contributed by atoms with Gasteiger partial charge in [0.05, 0.1) is 11.9 Å². The summed E-state index contributed by atoms with van der Waals surface area (Å²) >= 11 is 0. The van der Waals surface area contributed by atoms with E-state index in [-0.39, 0.29) is 0 Å². The lowest BCUT2D eigenvalue weighted by molar-refractivity contribution is 0.530. The summed E-state index contributed by atoms with van der Waals surface area (Å²) in [6.07, 6.45) is 5.16. The van der Waals surface area contributed by atoms with Gasteiger partial charge in [-0.15, -0.1) is 0 Å². The van der Waals surface area contributed by atoms with Gasteiger partial charge in [-0.3, -0.25) is 0 Å². The fourth-order valence-electron chi connectivity index (χ4n) is 2.14. The molecule has 2 N–H and O–H groups in total. The van der Waals surface area contributed by atoms with Crippen molar-refractivity contribution >= 4 is 0 Å². The van der Waals surface area contributed by atoms with E-state index in [0.29, 0.717) is 0 Å². The predicted molar refractivity (Wildman–Crippen MR) is 87.6 cm³/mol. The number of rotatable bonds is 9. The van der Waals surface area contributed by atoms with Gasteiger partial charge in [0.2, 0.25) is 0 Å². The first-order valence-corrected chi connectivity index (χ1v) is 7.76. The van der Waals surface area contributed by atoms with Crippen LogP contribution in [0.5, 0.6) is 0 Å². The Labute approximate surface area is 127 Å². The van der Waals surface area contributed by atoms with Crippen LogP contribution in [0.1, 0.15) is 25.8 Å². The van der Waals surface area contributed by atoms with Crippen LogP contribution in [-0.2, 0) is 6.54 Å². The molecule has 0 saturated carbocycles. The summed E-state index contributed by atoms with van der Waals surface area (Å²) in [5.41, 5.74) is 2.32. The molecule has 4 heteroatoms. The number of aromatic nitrogens is 2. The molecule has 0 unspecified atom stereocenters. The first-order valence-electron chi connectivity index (χ1n) is 7.76. The van der Waals surface area contributed by atoms with Crippen molar-refractivity contribution in [3.8, 4) is 5.69 Å². The molecule has 0 atom stereocenters. The first kappa shape index (κ1) is 15.7. The molecule has 0 aliphatic heterocycles. The predicted octanol–water partition coefficient (Wildman–Crippen LogP) is 2.60. The minimum atomic E-state index is 0.724. The largest absolute Gasteiger partial charge is 0.316 e. The van der Waals surface area contributed by atoms with E-state index in [1.807, 2.05) is 29.1 Å². The minimum absolute atomic E-state index is 0.724. The van der Waals surface area contributed by atoms with Gasteiger partial charge in [0.1, 0.15) is 0 Å². The fourth-order valence-corrected chi connectivity index (χ4v) is 2.14. The molecular weight excluding hydrogens is 260 g/mol. The van der Waals surface area contributed by atoms with Crippen molar-refractivity contribution in [3.05, 3.63) is 48.3 Å². The van der Waals surface area contributed by atoms with Crippen molar-refractivity contribution in [1.29, 1.82) is 0 Å². The van der Waals surface area contributed by atoms with E-state index >= 15 is 0 Å². The van der Waals surface area contributed by atoms with Gasteiger partial charge >= 0.3 is 0 Å². The molecule has 0 aliphatic carbocycles. The molecule has 1 heterocycles. The molecule has 1 aromatic heterocycles. The van der Waals surface area contributed by atoms with Crippen molar-refractivity contribution < 1.29 is 0 Å². The third kappa shape index (κ3) is 5.69. The van der Waals surface area contributed by atoms with Crippen LogP contribution in [0.15, 0.2) is 42.7 Å². The third-order valence-electron chi connectivity index (χ3n) is 3.25. The standard InChI is InChI=1S/C17H26N4/c1-15(2)11-18-9-6-10-19-12-16-13-20-21(14-16)17-7-4-3-5-8-17/h3-5,7-8,13-15,18-19H,6,9-12H2,1-2H3. The quantitative estimate of drug-likeness (QED) is 0.696. The Bertz CT molecular complexity index is 505. The van der Waals surface area contributed by atoms with Crippen LogP contribution in [0.4, 0.5) is 0 Å². The summed E-state index contributed by atoms with van der Waals surface area (Å²) in [7, 11) is 0. The molecule has 0 fully saturated rings. The number of hydrogen-bond donors (Lipinski definition) is 2. The van der Waals surface area contributed by atoms with Crippen molar-refractivity contribution in [2.24, 2.45) is 5.92 Å². The minimum Gasteiger partial charge on any atom is -0.316 e. The van der Waals surface area contributed by atoms with Gasteiger partial charge in [-0.25, -0.2) is 4.68 Å². The second-order valence-electron chi connectivity index (χ2n) is 5.76. The number of benzene rings is 1. The van der Waals surface area contributed by atoms with Crippen LogP contribution in [0.3, 0.4) is 0 Å². The zero-order valence-corrected chi connectivity index (χ0v) is 13.0. The summed E-state index contributed by atoms with van der Waals surface area (Å²) in [4.78, 5) is 0. The first-order chi connectivity index (χ1) is 10.3. The lowest BCUT2D eigenvalue weighted by Crippen LogP contribution is -2.24. The second-order valence-corrected chi connectivity index (χ2v) is 5.76. The van der Waals surface area contributed by atoms with E-state index in [0.717, 1.165) is 44.2 Å². The molecule has 2 aromatic rings. The maximum atomic E-state index is 4.40. The number of hydrogen-bond acceptors (Lipinski definition) is 3. The highest BCUT2D eigenvalue weighted by Gasteiger charge is 2.00. The molecular formula is C17H26N4. The highest BCUT2D eigenvalue weighted by atomic mass is 15.3. The Kier molecular flexibility index (Phi) is 6.44. The van der Waals surface area contributed by atoms with Gasteiger partial charge in [0.25, 0.3) is 0 Å². The average Bonchev–Trinajstić information content (AvgIpc) is 2.96. The molecule has 0 aliphatic rings. The lowest BCUT2D eigenvalue weighted by Gasteiger charge is -2.07. The molecule has 0 radical (unpaired) electrons. The number of para-hydroxylation sites is 1. The number of nitrogens with one attached hydrogen (secondary N) is 2. The van der Waals surface area contributed by atoms with Crippen molar-refractivity contribution in [3.63, 3.8) is 0 Å². The molecule has 0 spiro atoms. The SMILES string of the molecule is CC(C)CNCCCNCc1cnn(-c2ccccc2)c1. The van der Waals surface area contributed by atoms with E-state index < -0.39 is 0 Å². The molecule has 21 heavy (non-hydrogen) atoms. The smallest absolute Gasteiger partial charge is 0.0645 e. The number of nitrogens with zero attached hydrogens (tertiary/aromatic N) is 2. The monoisotopic (exact) mass is 286 g/mol. The zero-order valence-electron chi connectivity index (χ0n) is 13.0. The fraction of sp³-hybridized carbons (Fsp3) is 0.471. The normalized spacial score (nSPS) is 11.2. The van der Waals surface area contributed by atoms with Crippen molar-refractivity contribution in [2.45, 2.75) is 26.8 Å². The van der Waals surface area contributed by atoms with Gasteiger partial charge in [-0.2, -0.15) is 5.10 Å². The highest BCUT2D eigenvalue weighted by Crippen LogP contribution is 2.07. The Morgan fingerprint density at radius 2 is 1.86 bits per heavy atom. The van der Waals surface area contributed by atoms with Crippen LogP contribution in [0, 0.1) is 5.92 Å². The zero-order chi connectivity index (χ0) is 14.9. The van der Waals surface area contributed by atoms with Gasteiger partial charge in [0.15, 0.2) is 0 Å². The topological polar surface area (TPSA) is 41.9 Å². The van der Waals surface area contributed by atoms with Gasteiger partial charge in [-0.05, 0) is 44.1 Å². The summed E-state index contributed by atoms with van der Waals surface area (Å²) in [5, 5.41) is 11.3. The maximum Gasteiger partial charge on any atom is 0.0645 e. The lowest BCUT2D eigenvalue weighted by atomic mass is 10.2. The van der Waals surface area contributed by atoms with Crippen LogP contribution in [0.25, 0.3) is 5.69 Å². The average molecular weight is 286 g/mol. The Morgan fingerprint density at radius 1 is 1.10 bits per heavy atom. The van der Waals surface area contributed by atoms with E-state index in [1.54, 1.807) is 0 Å². The van der Waals surface area contributed by atoms with Crippen LogP contribution >= 0.6 is 0 Å². The van der Waals surface area contributed by atoms with Crippen LogP contribution in [-0.4, -0.2) is 29.4 Å². The Balaban J connectivity index is 1.65. The highest BCUT2D eigenvalue weighted by molar-refractivity contribution is 5.30. The van der Waals surface area contributed by atoms with Gasteiger partial charge in [0, 0.05) is 18.3 Å². The Morgan fingerprint density at radius 3 is 2.62 bits per heavy atom. The van der Waals surface area contributed by atoms with E-state index in [4.69, 9.17) is 0 Å². The van der Waals surface area contributed by atoms with E-state index in [9.17, 15) is 0 Å². The molecule has 0 bridgehead atoms. The molecule has 114 valence electrons. The summed E-state index contributed by atoms with van der Waals surface area (Å²) in [6, 6.07) is 10.2. The van der Waals surface area contributed by atoms with Crippen LogP contribution in [0.2, 0.25) is 0 Å².